The first kappa shape index (κ1) is 52.8. The molecule has 0 aliphatic carbocycles. The molecule has 402 valence electrons. The van der Waals surface area contributed by atoms with Crippen LogP contribution in [-0.2, 0) is 5.41 Å². The van der Waals surface area contributed by atoms with Crippen molar-refractivity contribution < 1.29 is 0 Å². The molecule has 13 aromatic carbocycles. The predicted octanol–water partition coefficient (Wildman–Crippen LogP) is 23.3. The second-order valence-electron chi connectivity index (χ2n) is 22.5. The summed E-state index contributed by atoms with van der Waals surface area (Å²) in [4.78, 5) is 5.08. The third kappa shape index (κ3) is 11.0. The van der Waals surface area contributed by atoms with Gasteiger partial charge in [0.25, 0.3) is 0 Å². The highest BCUT2D eigenvalue weighted by Gasteiger charge is 2.30. The van der Waals surface area contributed by atoms with Crippen molar-refractivity contribution in [2.24, 2.45) is 0 Å². The Kier molecular flexibility index (Phi) is 14.8. The molecule has 0 saturated heterocycles. The standard InChI is InChI=1S/C82H64N2/c1-82(2,3)71-56-74(83(72-48-44-63(45-49-72)59-28-12-4-13-29-59)80-76(65-36-20-8-21-37-65)52-69(61-32-16-6-17-33-61)53-77(80)66-38-22-9-23-39-66)58-75(57-71)84(73-50-46-64(47-51-73)60-30-14-5-15-31-60)81-78(67-40-24-10-25-41-67)54-70(62-34-18-7-19-35-62)55-79(81)68-42-26-11-27-43-68/h4-58H,1-3H3. The topological polar surface area (TPSA) is 6.48 Å². The molecule has 0 bridgehead atoms. The lowest BCUT2D eigenvalue weighted by molar-refractivity contribution is 0.590. The molecule has 0 aliphatic rings. The summed E-state index contributed by atoms with van der Waals surface area (Å²) >= 11 is 0. The van der Waals surface area contributed by atoms with E-state index in [2.05, 4.69) is 364 Å². The molecule has 0 N–H and O–H groups in total. The maximum Gasteiger partial charge on any atom is 0.0618 e. The van der Waals surface area contributed by atoms with Crippen molar-refractivity contribution in [2.75, 3.05) is 9.80 Å². The lowest BCUT2D eigenvalue weighted by Crippen LogP contribution is -2.19. The molecule has 2 heteroatoms. The van der Waals surface area contributed by atoms with Crippen molar-refractivity contribution in [3.63, 3.8) is 0 Å². The zero-order valence-corrected chi connectivity index (χ0v) is 47.6. The first-order valence-corrected chi connectivity index (χ1v) is 29.1. The number of hydrogen-bond donors (Lipinski definition) is 0. The third-order valence-corrected chi connectivity index (χ3v) is 16.0. The van der Waals surface area contributed by atoms with Crippen LogP contribution in [0.4, 0.5) is 34.1 Å². The van der Waals surface area contributed by atoms with Crippen LogP contribution in [0.1, 0.15) is 26.3 Å². The molecule has 0 atom stereocenters. The Morgan fingerprint density at radius 2 is 0.405 bits per heavy atom. The smallest absolute Gasteiger partial charge is 0.0618 e. The van der Waals surface area contributed by atoms with Crippen molar-refractivity contribution in [1.82, 2.24) is 0 Å². The molecule has 2 nitrogen and oxygen atoms in total. The monoisotopic (exact) mass is 1080 g/mol. The summed E-state index contributed by atoms with van der Waals surface area (Å²) in [5.41, 5.74) is 25.4. The zero-order chi connectivity index (χ0) is 56.8. The van der Waals surface area contributed by atoms with Gasteiger partial charge in [-0.1, -0.05) is 288 Å². The van der Waals surface area contributed by atoms with E-state index in [-0.39, 0.29) is 5.41 Å². The van der Waals surface area contributed by atoms with Crippen LogP contribution in [0, 0.1) is 0 Å². The van der Waals surface area contributed by atoms with Gasteiger partial charge in [0.15, 0.2) is 0 Å². The second kappa shape index (κ2) is 23.5. The first-order chi connectivity index (χ1) is 41.3. The van der Waals surface area contributed by atoms with Crippen LogP contribution in [0.15, 0.2) is 334 Å². The minimum atomic E-state index is -0.292. The fourth-order valence-electron chi connectivity index (χ4n) is 11.7. The molecular formula is C82H64N2. The van der Waals surface area contributed by atoms with Gasteiger partial charge in [-0.2, -0.15) is 0 Å². The zero-order valence-electron chi connectivity index (χ0n) is 47.6. The second-order valence-corrected chi connectivity index (χ2v) is 22.5. The van der Waals surface area contributed by atoms with Crippen molar-refractivity contribution >= 4 is 34.1 Å². The predicted molar refractivity (Wildman–Crippen MR) is 358 cm³/mol. The molecule has 0 unspecified atom stereocenters. The average Bonchev–Trinajstić information content (AvgIpc) is 1.95. The van der Waals surface area contributed by atoms with Gasteiger partial charge in [0.2, 0.25) is 0 Å². The van der Waals surface area contributed by atoms with E-state index in [1.807, 2.05) is 0 Å². The maximum atomic E-state index is 2.54. The number of rotatable bonds is 14. The quantitative estimate of drug-likeness (QED) is 0.107. The lowest BCUT2D eigenvalue weighted by Gasteiger charge is -2.35. The maximum absolute atomic E-state index is 2.54. The number of anilines is 6. The van der Waals surface area contributed by atoms with Crippen LogP contribution in [0.5, 0.6) is 0 Å². The van der Waals surface area contributed by atoms with Crippen LogP contribution in [0.25, 0.3) is 89.0 Å². The van der Waals surface area contributed by atoms with Gasteiger partial charge in [0, 0.05) is 45.0 Å². The summed E-state index contributed by atoms with van der Waals surface area (Å²) in [6.07, 6.45) is 0. The van der Waals surface area contributed by atoms with Gasteiger partial charge >= 0.3 is 0 Å². The number of nitrogens with zero attached hydrogens (tertiary/aromatic N) is 2. The molecule has 13 aromatic rings. The van der Waals surface area contributed by atoms with E-state index in [1.165, 1.54) is 16.7 Å². The molecule has 0 radical (unpaired) electrons. The van der Waals surface area contributed by atoms with Gasteiger partial charge in [-0.3, -0.25) is 0 Å². The minimum Gasteiger partial charge on any atom is -0.309 e. The molecule has 0 spiro atoms. The molecule has 84 heavy (non-hydrogen) atoms. The molecular weight excluding hydrogens is 1010 g/mol. The van der Waals surface area contributed by atoms with Crippen LogP contribution in [-0.4, -0.2) is 0 Å². The van der Waals surface area contributed by atoms with E-state index in [9.17, 15) is 0 Å². The van der Waals surface area contributed by atoms with Crippen molar-refractivity contribution in [2.45, 2.75) is 26.2 Å². The summed E-state index contributed by atoms with van der Waals surface area (Å²) in [7, 11) is 0. The van der Waals surface area contributed by atoms with Crippen LogP contribution in [0.3, 0.4) is 0 Å². The van der Waals surface area contributed by atoms with Crippen molar-refractivity contribution in [3.05, 3.63) is 339 Å². The van der Waals surface area contributed by atoms with Gasteiger partial charge in [0.1, 0.15) is 0 Å². The lowest BCUT2D eigenvalue weighted by atomic mass is 9.85. The average molecular weight is 1080 g/mol. The van der Waals surface area contributed by atoms with Crippen molar-refractivity contribution in [1.29, 1.82) is 0 Å². The first-order valence-electron chi connectivity index (χ1n) is 29.1. The molecule has 0 aliphatic heterocycles. The van der Waals surface area contributed by atoms with E-state index < -0.39 is 0 Å². The van der Waals surface area contributed by atoms with E-state index in [0.717, 1.165) is 112 Å². The van der Waals surface area contributed by atoms with Gasteiger partial charge in [0.05, 0.1) is 11.4 Å². The van der Waals surface area contributed by atoms with Crippen LogP contribution >= 0.6 is 0 Å². The van der Waals surface area contributed by atoms with E-state index >= 15 is 0 Å². The molecule has 0 heterocycles. The summed E-state index contributed by atoms with van der Waals surface area (Å²) < 4.78 is 0. The summed E-state index contributed by atoms with van der Waals surface area (Å²) in [5, 5.41) is 0. The Bertz CT molecular complexity index is 3920. The SMILES string of the molecule is CC(C)(C)c1cc(N(c2ccc(-c3ccccc3)cc2)c2c(-c3ccccc3)cc(-c3ccccc3)cc2-c2ccccc2)cc(N(c2ccc(-c3ccccc3)cc2)c2c(-c3ccccc3)cc(-c3ccccc3)cc2-c2ccccc2)c1. The molecule has 0 amide bonds. The highest BCUT2D eigenvalue weighted by Crippen LogP contribution is 2.54. The Balaban J connectivity index is 1.15. The summed E-state index contributed by atoms with van der Waals surface area (Å²) in [6.45, 7) is 7.02. The normalized spacial score (nSPS) is 11.3. The van der Waals surface area contributed by atoms with E-state index in [1.54, 1.807) is 0 Å². The summed E-state index contributed by atoms with van der Waals surface area (Å²) in [6, 6.07) is 122. The highest BCUT2D eigenvalue weighted by atomic mass is 15.2. The Morgan fingerprint density at radius 1 is 0.190 bits per heavy atom. The minimum absolute atomic E-state index is 0.292. The van der Waals surface area contributed by atoms with Crippen molar-refractivity contribution in [3.8, 4) is 89.0 Å². The van der Waals surface area contributed by atoms with Crippen LogP contribution in [0.2, 0.25) is 0 Å². The largest absolute Gasteiger partial charge is 0.309 e. The fraction of sp³-hybridized carbons (Fsp3) is 0.0488. The molecule has 0 aromatic heterocycles. The van der Waals surface area contributed by atoms with E-state index in [0.29, 0.717) is 0 Å². The number of hydrogen-bond acceptors (Lipinski definition) is 2. The molecule has 0 saturated carbocycles. The van der Waals surface area contributed by atoms with Gasteiger partial charge in [-0.15, -0.1) is 0 Å². The molecule has 13 rings (SSSR count). The van der Waals surface area contributed by atoms with Gasteiger partial charge < -0.3 is 9.80 Å². The Morgan fingerprint density at radius 3 is 0.643 bits per heavy atom. The fourth-order valence-corrected chi connectivity index (χ4v) is 11.7. The Hall–Kier alpha value is -10.5. The summed E-state index contributed by atoms with van der Waals surface area (Å²) in [5.74, 6) is 0. The highest BCUT2D eigenvalue weighted by molar-refractivity contribution is 6.03. The Labute approximate surface area is 495 Å². The van der Waals surface area contributed by atoms with Gasteiger partial charge in [-0.25, -0.2) is 0 Å². The molecule has 0 fully saturated rings. The third-order valence-electron chi connectivity index (χ3n) is 16.0. The van der Waals surface area contributed by atoms with Crippen LogP contribution < -0.4 is 9.80 Å². The van der Waals surface area contributed by atoms with Gasteiger partial charge in [-0.05, 0) is 144 Å². The number of benzene rings is 13. The van der Waals surface area contributed by atoms with E-state index in [4.69, 9.17) is 0 Å².